The molecule has 0 aliphatic carbocycles. The minimum atomic E-state index is -0.533. The summed E-state index contributed by atoms with van der Waals surface area (Å²) in [7, 11) is 0. The Morgan fingerprint density at radius 2 is 1.82 bits per heavy atom. The number of aryl methyl sites for hydroxylation is 2. The fraction of sp³-hybridized carbons (Fsp3) is 0.200. The summed E-state index contributed by atoms with van der Waals surface area (Å²) in [4.78, 5) is 24.2. The number of rotatable bonds is 7. The highest BCUT2D eigenvalue weighted by molar-refractivity contribution is 5.71. The molecule has 0 amide bonds. The van der Waals surface area contributed by atoms with Gasteiger partial charge >= 0.3 is 5.97 Å². The molecule has 2 aromatic carbocycles. The van der Waals surface area contributed by atoms with E-state index in [1.165, 1.54) is 0 Å². The molecule has 1 heterocycles. The maximum absolute atomic E-state index is 11.9. The number of benzene rings is 2. The van der Waals surface area contributed by atoms with Crippen LogP contribution in [-0.2, 0) is 16.1 Å². The Bertz CT molecular complexity index is 963. The van der Waals surface area contributed by atoms with Crippen LogP contribution in [0.5, 0.6) is 5.75 Å². The van der Waals surface area contributed by atoms with E-state index in [2.05, 4.69) is 20.3 Å². The molecule has 0 radical (unpaired) electrons. The molecule has 144 valence electrons. The van der Waals surface area contributed by atoms with Crippen molar-refractivity contribution >= 4 is 23.6 Å². The zero-order valence-electron chi connectivity index (χ0n) is 15.7. The van der Waals surface area contributed by atoms with Gasteiger partial charge in [-0.1, -0.05) is 24.3 Å². The van der Waals surface area contributed by atoms with Crippen LogP contribution in [0.1, 0.15) is 17.0 Å². The van der Waals surface area contributed by atoms with Crippen molar-refractivity contribution in [2.75, 3.05) is 17.7 Å². The van der Waals surface area contributed by atoms with E-state index in [0.717, 1.165) is 16.8 Å². The molecule has 3 rings (SSSR count). The number of para-hydroxylation sites is 1. The third kappa shape index (κ3) is 5.41. The van der Waals surface area contributed by atoms with Crippen LogP contribution in [0.25, 0.3) is 0 Å². The summed E-state index contributed by atoms with van der Waals surface area (Å²) < 4.78 is 10.6. The van der Waals surface area contributed by atoms with Gasteiger partial charge in [0, 0.05) is 5.69 Å². The van der Waals surface area contributed by atoms with Crippen LogP contribution in [-0.4, -0.2) is 27.5 Å². The molecular weight excluding hydrogens is 358 g/mol. The zero-order chi connectivity index (χ0) is 19.9. The normalized spacial score (nSPS) is 10.4. The van der Waals surface area contributed by atoms with Crippen molar-refractivity contribution in [1.82, 2.24) is 15.0 Å². The molecule has 8 heteroatoms. The molecule has 8 nitrogen and oxygen atoms in total. The molecule has 0 unspecified atom stereocenters. The van der Waals surface area contributed by atoms with Crippen LogP contribution in [0.4, 0.5) is 17.6 Å². The van der Waals surface area contributed by atoms with Gasteiger partial charge in [-0.25, -0.2) is 4.79 Å². The Hall–Kier alpha value is -3.68. The van der Waals surface area contributed by atoms with Crippen molar-refractivity contribution < 1.29 is 14.3 Å². The smallest absolute Gasteiger partial charge is 0.344 e. The second kappa shape index (κ2) is 8.81. The number of carbonyl (C=O) groups is 1. The quantitative estimate of drug-likeness (QED) is 0.603. The summed E-state index contributed by atoms with van der Waals surface area (Å²) in [5, 5.41) is 3.02. The number of nitrogens with zero attached hydrogens (tertiary/aromatic N) is 3. The summed E-state index contributed by atoms with van der Waals surface area (Å²) in [5.41, 5.74) is 8.76. The highest BCUT2D eigenvalue weighted by atomic mass is 16.6. The van der Waals surface area contributed by atoms with Gasteiger partial charge < -0.3 is 20.5 Å². The van der Waals surface area contributed by atoms with Crippen molar-refractivity contribution in [2.24, 2.45) is 0 Å². The van der Waals surface area contributed by atoms with Gasteiger partial charge in [0.05, 0.1) is 0 Å². The van der Waals surface area contributed by atoms with Crippen molar-refractivity contribution in [1.29, 1.82) is 0 Å². The first-order valence-electron chi connectivity index (χ1n) is 8.68. The second-order valence-corrected chi connectivity index (χ2v) is 6.12. The van der Waals surface area contributed by atoms with Crippen LogP contribution in [0.15, 0.2) is 48.5 Å². The molecule has 0 bridgehead atoms. The minimum Gasteiger partial charge on any atom is -0.482 e. The topological polar surface area (TPSA) is 112 Å². The molecule has 28 heavy (non-hydrogen) atoms. The first-order valence-corrected chi connectivity index (χ1v) is 8.68. The third-order valence-corrected chi connectivity index (χ3v) is 3.93. The van der Waals surface area contributed by atoms with Crippen molar-refractivity contribution in [3.8, 4) is 5.75 Å². The van der Waals surface area contributed by atoms with Crippen molar-refractivity contribution in [3.63, 3.8) is 0 Å². The summed E-state index contributed by atoms with van der Waals surface area (Å²) >= 11 is 0. The number of nitrogen functional groups attached to an aromatic ring is 1. The van der Waals surface area contributed by atoms with Crippen LogP contribution >= 0.6 is 0 Å². The van der Waals surface area contributed by atoms with E-state index in [1.54, 1.807) is 0 Å². The summed E-state index contributed by atoms with van der Waals surface area (Å²) in [6, 6.07) is 15.0. The fourth-order valence-electron chi connectivity index (χ4n) is 2.34. The van der Waals surface area contributed by atoms with E-state index in [0.29, 0.717) is 5.75 Å². The summed E-state index contributed by atoms with van der Waals surface area (Å²) in [6.07, 6.45) is 0. The average Bonchev–Trinajstić information content (AvgIpc) is 2.68. The molecule has 0 fully saturated rings. The molecular formula is C20H21N5O3. The predicted octanol–water partition coefficient (Wildman–Crippen LogP) is 2.94. The third-order valence-electron chi connectivity index (χ3n) is 3.93. The maximum Gasteiger partial charge on any atom is 0.344 e. The summed E-state index contributed by atoms with van der Waals surface area (Å²) in [5.74, 6) is 0.626. The van der Waals surface area contributed by atoms with E-state index in [1.807, 2.05) is 62.4 Å². The van der Waals surface area contributed by atoms with Gasteiger partial charge in [-0.05, 0) is 49.2 Å². The molecule has 1 aromatic heterocycles. The number of carbonyl (C=O) groups excluding carboxylic acids is 1. The van der Waals surface area contributed by atoms with Crippen LogP contribution in [0, 0.1) is 13.8 Å². The lowest BCUT2D eigenvalue weighted by atomic mass is 10.1. The highest BCUT2D eigenvalue weighted by Crippen LogP contribution is 2.16. The average molecular weight is 379 g/mol. The van der Waals surface area contributed by atoms with E-state index in [9.17, 15) is 4.79 Å². The maximum atomic E-state index is 11.9. The lowest BCUT2D eigenvalue weighted by Gasteiger charge is -2.09. The van der Waals surface area contributed by atoms with Crippen molar-refractivity contribution in [2.45, 2.75) is 20.5 Å². The van der Waals surface area contributed by atoms with Crippen LogP contribution in [0.2, 0.25) is 0 Å². The number of esters is 1. The SMILES string of the molecule is Cc1ccc(OCC(=O)OCc2nc(N)nc(Nc3ccccc3)n2)cc1C. The first-order chi connectivity index (χ1) is 13.5. The monoisotopic (exact) mass is 379 g/mol. The number of hydrogen-bond donors (Lipinski definition) is 2. The van der Waals surface area contributed by atoms with Gasteiger partial charge in [-0.2, -0.15) is 15.0 Å². The predicted molar refractivity (Wildman–Crippen MR) is 105 cm³/mol. The van der Waals surface area contributed by atoms with E-state index in [-0.39, 0.29) is 30.9 Å². The van der Waals surface area contributed by atoms with Gasteiger partial charge in [0.15, 0.2) is 19.0 Å². The Morgan fingerprint density at radius 1 is 1.04 bits per heavy atom. The van der Waals surface area contributed by atoms with E-state index in [4.69, 9.17) is 15.2 Å². The van der Waals surface area contributed by atoms with Crippen LogP contribution in [0.3, 0.4) is 0 Å². The number of ether oxygens (including phenoxy) is 2. The molecule has 0 atom stereocenters. The molecule has 0 aliphatic rings. The molecule has 0 spiro atoms. The first kappa shape index (κ1) is 19.1. The zero-order valence-corrected chi connectivity index (χ0v) is 15.7. The molecule has 3 aromatic rings. The largest absolute Gasteiger partial charge is 0.482 e. The number of nitrogens with two attached hydrogens (primary N) is 1. The molecule has 0 saturated carbocycles. The van der Waals surface area contributed by atoms with Gasteiger partial charge in [0.25, 0.3) is 0 Å². The van der Waals surface area contributed by atoms with Gasteiger partial charge in [-0.3, -0.25) is 0 Å². The fourth-order valence-corrected chi connectivity index (χ4v) is 2.34. The standard InChI is InChI=1S/C20H21N5O3/c1-13-8-9-16(10-14(13)2)27-12-18(26)28-11-17-23-19(21)25-20(24-17)22-15-6-4-3-5-7-15/h3-10H,11-12H2,1-2H3,(H3,21,22,23,24,25). The molecule has 3 N–H and O–H groups in total. The Balaban J connectivity index is 1.54. The van der Waals surface area contributed by atoms with Gasteiger partial charge in [0.1, 0.15) is 5.75 Å². The number of aromatic nitrogens is 3. The number of nitrogens with one attached hydrogen (secondary N) is 1. The van der Waals surface area contributed by atoms with Crippen molar-refractivity contribution in [3.05, 3.63) is 65.5 Å². The highest BCUT2D eigenvalue weighted by Gasteiger charge is 2.10. The Kier molecular flexibility index (Phi) is 6.01. The van der Waals surface area contributed by atoms with E-state index < -0.39 is 5.97 Å². The summed E-state index contributed by atoms with van der Waals surface area (Å²) in [6.45, 7) is 3.64. The van der Waals surface area contributed by atoms with E-state index >= 15 is 0 Å². The van der Waals surface area contributed by atoms with Gasteiger partial charge in [0.2, 0.25) is 11.9 Å². The second-order valence-electron chi connectivity index (χ2n) is 6.12. The number of hydrogen-bond acceptors (Lipinski definition) is 8. The van der Waals surface area contributed by atoms with Crippen LogP contribution < -0.4 is 15.8 Å². The number of anilines is 3. The van der Waals surface area contributed by atoms with Gasteiger partial charge in [-0.15, -0.1) is 0 Å². The Labute approximate surface area is 162 Å². The molecule has 0 saturated heterocycles. The molecule has 0 aliphatic heterocycles. The Morgan fingerprint density at radius 3 is 2.57 bits per heavy atom. The lowest BCUT2D eigenvalue weighted by Crippen LogP contribution is -2.16. The minimum absolute atomic E-state index is 0.0332. The lowest BCUT2D eigenvalue weighted by molar-refractivity contribution is -0.147.